The molecule has 8 nitrogen and oxygen atoms in total. The molecule has 0 radical (unpaired) electrons. The monoisotopic (exact) mass is 510 g/mol. The van der Waals surface area contributed by atoms with E-state index in [0.717, 1.165) is 50.5 Å². The first-order chi connectivity index (χ1) is 19.2. The maximum Gasteiger partial charge on any atom is 0.138 e. The van der Waals surface area contributed by atoms with E-state index >= 15 is 0 Å². The highest BCUT2D eigenvalue weighted by atomic mass is 15.3. The van der Waals surface area contributed by atoms with E-state index in [1.165, 1.54) is 11.1 Å². The maximum atomic E-state index is 6.03. The Hall–Kier alpha value is -5.24. The van der Waals surface area contributed by atoms with Crippen LogP contribution < -0.4 is 11.1 Å². The Labute approximate surface area is 224 Å². The lowest BCUT2D eigenvalue weighted by molar-refractivity contribution is 0.682. The minimum Gasteiger partial charge on any atom is -0.383 e. The molecular weight excluding hydrogens is 484 g/mol. The summed E-state index contributed by atoms with van der Waals surface area (Å²) in [4.78, 5) is 9.14. The summed E-state index contributed by atoms with van der Waals surface area (Å²) >= 11 is 0. The molecule has 0 aliphatic heterocycles. The van der Waals surface area contributed by atoms with Crippen molar-refractivity contribution in [2.45, 2.75) is 19.6 Å². The second-order valence-electron chi connectivity index (χ2n) is 9.69. The van der Waals surface area contributed by atoms with E-state index in [-0.39, 0.29) is 0 Å². The number of hydrogen-bond donors (Lipinski definition) is 2. The number of nitrogens with zero attached hydrogens (tertiary/aromatic N) is 6. The van der Waals surface area contributed by atoms with Crippen LogP contribution in [-0.2, 0) is 19.6 Å². The van der Waals surface area contributed by atoms with E-state index in [4.69, 9.17) is 15.8 Å². The van der Waals surface area contributed by atoms with E-state index in [2.05, 4.69) is 64.1 Å². The zero-order valence-corrected chi connectivity index (χ0v) is 21.2. The number of hydrogen-bond acceptors (Lipinski definition) is 6. The molecule has 0 unspecified atom stereocenters. The fraction of sp³-hybridized carbons (Fsp3) is 0.0968. The smallest absolute Gasteiger partial charge is 0.138 e. The van der Waals surface area contributed by atoms with Gasteiger partial charge in [-0.1, -0.05) is 54.6 Å². The summed E-state index contributed by atoms with van der Waals surface area (Å²) in [6.07, 6.45) is 7.60. The first kappa shape index (κ1) is 22.9. The highest BCUT2D eigenvalue weighted by molar-refractivity contribution is 6.07. The summed E-state index contributed by atoms with van der Waals surface area (Å²) in [5.74, 6) is 1.36. The number of para-hydroxylation sites is 1. The zero-order chi connectivity index (χ0) is 26.2. The van der Waals surface area contributed by atoms with Crippen LogP contribution in [0, 0.1) is 0 Å². The Kier molecular flexibility index (Phi) is 5.62. The number of anilines is 2. The number of pyridine rings is 2. The van der Waals surface area contributed by atoms with Crippen LogP contribution in [0.4, 0.5) is 11.6 Å². The number of aromatic nitrogens is 6. The Morgan fingerprint density at radius 3 is 2.36 bits per heavy atom. The summed E-state index contributed by atoms with van der Waals surface area (Å²) < 4.78 is 3.92. The Morgan fingerprint density at radius 1 is 0.744 bits per heavy atom. The first-order valence-electron chi connectivity index (χ1n) is 12.9. The Morgan fingerprint density at radius 2 is 1.54 bits per heavy atom. The topological polar surface area (TPSA) is 99.5 Å². The van der Waals surface area contributed by atoms with E-state index < -0.39 is 0 Å². The molecule has 0 bridgehead atoms. The minimum atomic E-state index is 0.546. The molecule has 0 amide bonds. The van der Waals surface area contributed by atoms with Crippen molar-refractivity contribution in [1.82, 2.24) is 29.5 Å². The molecule has 4 aromatic heterocycles. The van der Waals surface area contributed by atoms with Crippen LogP contribution in [0.5, 0.6) is 0 Å². The lowest BCUT2D eigenvalue weighted by atomic mass is 10.1. The van der Waals surface area contributed by atoms with E-state index in [9.17, 15) is 0 Å². The molecule has 7 aromatic rings. The predicted octanol–water partition coefficient (Wildman–Crippen LogP) is 5.62. The van der Waals surface area contributed by atoms with Crippen LogP contribution >= 0.6 is 0 Å². The first-order valence-corrected chi connectivity index (χ1v) is 12.9. The van der Waals surface area contributed by atoms with Gasteiger partial charge in [-0.2, -0.15) is 10.2 Å². The van der Waals surface area contributed by atoms with Gasteiger partial charge < -0.3 is 11.1 Å². The highest BCUT2D eigenvalue weighted by Gasteiger charge is 2.13. The van der Waals surface area contributed by atoms with Gasteiger partial charge in [0.15, 0.2) is 0 Å². The van der Waals surface area contributed by atoms with Crippen molar-refractivity contribution >= 4 is 44.2 Å². The van der Waals surface area contributed by atoms with Gasteiger partial charge in [0.25, 0.3) is 0 Å². The molecule has 0 spiro atoms. The van der Waals surface area contributed by atoms with E-state index in [1.54, 1.807) is 12.4 Å². The number of nitrogens with one attached hydrogen (secondary N) is 1. The van der Waals surface area contributed by atoms with Crippen LogP contribution in [-0.4, -0.2) is 29.5 Å². The molecule has 0 saturated carbocycles. The predicted molar refractivity (Wildman–Crippen MR) is 155 cm³/mol. The second-order valence-corrected chi connectivity index (χ2v) is 9.69. The van der Waals surface area contributed by atoms with Gasteiger partial charge in [-0.05, 0) is 46.3 Å². The summed E-state index contributed by atoms with van der Waals surface area (Å²) in [5, 5.41) is 16.9. The van der Waals surface area contributed by atoms with Gasteiger partial charge in [0.2, 0.25) is 0 Å². The second kappa shape index (κ2) is 9.57. The van der Waals surface area contributed by atoms with Gasteiger partial charge in [-0.15, -0.1) is 0 Å². The molecular formula is C31H26N8. The van der Waals surface area contributed by atoms with Crippen molar-refractivity contribution in [1.29, 1.82) is 0 Å². The van der Waals surface area contributed by atoms with E-state index in [0.29, 0.717) is 18.9 Å². The SMILES string of the molecule is Nc1nccc2cc(CNc3nc4ccccc4c4nn(Cc5ccc(Cn6cccn6)cc5)cc34)ccc12. The largest absolute Gasteiger partial charge is 0.383 e. The number of nitrogen functional groups attached to an aromatic ring is 1. The average Bonchev–Trinajstić information content (AvgIpc) is 3.63. The summed E-state index contributed by atoms with van der Waals surface area (Å²) in [7, 11) is 0. The quantitative estimate of drug-likeness (QED) is 0.289. The molecule has 0 aliphatic carbocycles. The van der Waals surface area contributed by atoms with Crippen molar-refractivity contribution in [3.8, 4) is 0 Å². The Bertz CT molecular complexity index is 1920. The summed E-state index contributed by atoms with van der Waals surface area (Å²) in [5.41, 5.74) is 11.4. The van der Waals surface area contributed by atoms with Crippen LogP contribution in [0.15, 0.2) is 104 Å². The standard InChI is InChI=1S/C31H26N8/c32-30-25-11-10-23(16-24(25)12-14-33-30)17-34-31-27-20-39(37-29(27)26-4-1-2-5-28(26)36-31)19-22-8-6-21(7-9-22)18-38-15-3-13-35-38/h1-16,20H,17-19H2,(H2,32,33)(H,34,36). The van der Waals surface area contributed by atoms with Gasteiger partial charge in [0, 0.05) is 42.1 Å². The van der Waals surface area contributed by atoms with Gasteiger partial charge in [0.1, 0.15) is 17.2 Å². The van der Waals surface area contributed by atoms with E-state index in [1.807, 2.05) is 52.0 Å². The molecule has 0 saturated heterocycles. The molecule has 190 valence electrons. The Balaban J connectivity index is 1.18. The fourth-order valence-corrected chi connectivity index (χ4v) is 5.03. The molecule has 0 aliphatic rings. The van der Waals surface area contributed by atoms with Crippen molar-refractivity contribution in [2.75, 3.05) is 11.1 Å². The molecule has 4 heterocycles. The molecule has 3 N–H and O–H groups in total. The third kappa shape index (κ3) is 4.53. The van der Waals surface area contributed by atoms with Crippen LogP contribution in [0.3, 0.4) is 0 Å². The van der Waals surface area contributed by atoms with Crippen LogP contribution in [0.2, 0.25) is 0 Å². The lowest BCUT2D eigenvalue weighted by Crippen LogP contribution is -2.02. The molecule has 0 atom stereocenters. The minimum absolute atomic E-state index is 0.546. The van der Waals surface area contributed by atoms with Crippen molar-refractivity contribution in [3.63, 3.8) is 0 Å². The number of benzene rings is 3. The van der Waals surface area contributed by atoms with Crippen LogP contribution in [0.1, 0.15) is 16.7 Å². The molecule has 8 heteroatoms. The number of fused-ring (bicyclic) bond motifs is 4. The number of rotatable bonds is 7. The van der Waals surface area contributed by atoms with Crippen molar-refractivity contribution in [2.24, 2.45) is 0 Å². The van der Waals surface area contributed by atoms with Gasteiger partial charge in [-0.3, -0.25) is 9.36 Å². The van der Waals surface area contributed by atoms with Gasteiger partial charge >= 0.3 is 0 Å². The van der Waals surface area contributed by atoms with Crippen LogP contribution in [0.25, 0.3) is 32.6 Å². The third-order valence-electron chi connectivity index (χ3n) is 7.00. The average molecular weight is 511 g/mol. The maximum absolute atomic E-state index is 6.03. The lowest BCUT2D eigenvalue weighted by Gasteiger charge is -2.10. The molecule has 0 fully saturated rings. The van der Waals surface area contributed by atoms with Gasteiger partial charge in [0.05, 0.1) is 24.0 Å². The van der Waals surface area contributed by atoms with Gasteiger partial charge in [-0.25, -0.2) is 9.97 Å². The molecule has 7 rings (SSSR count). The highest BCUT2D eigenvalue weighted by Crippen LogP contribution is 2.29. The number of nitrogens with two attached hydrogens (primary N) is 1. The zero-order valence-electron chi connectivity index (χ0n) is 21.2. The third-order valence-corrected chi connectivity index (χ3v) is 7.00. The van der Waals surface area contributed by atoms with Crippen molar-refractivity contribution < 1.29 is 0 Å². The van der Waals surface area contributed by atoms with Crippen molar-refractivity contribution in [3.05, 3.63) is 120 Å². The summed E-state index contributed by atoms with van der Waals surface area (Å²) in [6, 6.07) is 26.9. The molecule has 39 heavy (non-hydrogen) atoms. The summed E-state index contributed by atoms with van der Waals surface area (Å²) in [6.45, 7) is 2.05. The molecule has 3 aromatic carbocycles. The normalized spacial score (nSPS) is 11.5. The fourth-order valence-electron chi connectivity index (χ4n) is 5.03.